The van der Waals surface area contributed by atoms with Crippen LogP contribution in [0.2, 0.25) is 0 Å². The molecule has 0 aliphatic heterocycles. The number of hydrogen-bond donors (Lipinski definition) is 1. The van der Waals surface area contributed by atoms with E-state index in [1.807, 2.05) is 41.8 Å². The molecule has 0 saturated heterocycles. The Labute approximate surface area is 159 Å². The molecular formula is C19H15N5O2S. The van der Waals surface area contributed by atoms with Gasteiger partial charge >= 0.3 is 0 Å². The van der Waals surface area contributed by atoms with Crippen molar-refractivity contribution in [3.8, 4) is 23.2 Å². The molecule has 3 rings (SSSR count). The zero-order valence-electron chi connectivity index (χ0n) is 14.5. The van der Waals surface area contributed by atoms with Crippen LogP contribution in [-0.2, 0) is 6.54 Å². The molecule has 0 aliphatic carbocycles. The summed E-state index contributed by atoms with van der Waals surface area (Å²) in [4.78, 5) is 17.0. The molecule has 0 spiro atoms. The van der Waals surface area contributed by atoms with E-state index < -0.39 is 11.4 Å². The lowest BCUT2D eigenvalue weighted by atomic mass is 10.1. The molecule has 0 atom stereocenters. The molecule has 0 unspecified atom stereocenters. The number of aromatic hydroxyl groups is 1. The van der Waals surface area contributed by atoms with Gasteiger partial charge < -0.3 is 5.11 Å². The van der Waals surface area contributed by atoms with Crippen LogP contribution in [0.25, 0.3) is 11.3 Å². The van der Waals surface area contributed by atoms with Crippen molar-refractivity contribution < 1.29 is 5.11 Å². The molecule has 3 aromatic rings. The quantitative estimate of drug-likeness (QED) is 0.523. The van der Waals surface area contributed by atoms with Gasteiger partial charge in [-0.1, -0.05) is 36.4 Å². The maximum absolute atomic E-state index is 12.6. The van der Waals surface area contributed by atoms with Crippen molar-refractivity contribution in [1.82, 2.24) is 9.55 Å². The van der Waals surface area contributed by atoms with E-state index in [0.717, 1.165) is 15.8 Å². The minimum absolute atomic E-state index is 0.0114. The third kappa shape index (κ3) is 3.54. The van der Waals surface area contributed by atoms with E-state index in [0.29, 0.717) is 5.13 Å². The van der Waals surface area contributed by atoms with Crippen LogP contribution >= 0.6 is 11.3 Å². The van der Waals surface area contributed by atoms with Gasteiger partial charge in [-0.05, 0) is 6.92 Å². The highest BCUT2D eigenvalue weighted by Gasteiger charge is 2.18. The van der Waals surface area contributed by atoms with Crippen molar-refractivity contribution >= 4 is 22.2 Å². The second-order valence-electron chi connectivity index (χ2n) is 5.57. The Morgan fingerprint density at radius 1 is 1.37 bits per heavy atom. The van der Waals surface area contributed by atoms with Crippen LogP contribution in [0.4, 0.5) is 10.8 Å². The Kier molecular flexibility index (Phi) is 5.24. The minimum Gasteiger partial charge on any atom is -0.493 e. The van der Waals surface area contributed by atoms with Gasteiger partial charge in [0.05, 0.1) is 5.69 Å². The van der Waals surface area contributed by atoms with Crippen LogP contribution in [-0.4, -0.2) is 14.7 Å². The molecular weight excluding hydrogens is 362 g/mol. The third-order valence-electron chi connectivity index (χ3n) is 3.88. The Hall–Kier alpha value is -3.57. The second-order valence-corrected chi connectivity index (χ2v) is 6.41. The van der Waals surface area contributed by atoms with E-state index in [2.05, 4.69) is 21.8 Å². The number of pyridine rings is 1. The molecule has 2 aromatic heterocycles. The highest BCUT2D eigenvalue weighted by Crippen LogP contribution is 2.30. The van der Waals surface area contributed by atoms with Crippen molar-refractivity contribution in [2.75, 3.05) is 0 Å². The molecule has 0 radical (unpaired) electrons. The van der Waals surface area contributed by atoms with Crippen LogP contribution in [0, 0.1) is 18.3 Å². The molecule has 27 heavy (non-hydrogen) atoms. The van der Waals surface area contributed by atoms with Gasteiger partial charge in [0.25, 0.3) is 5.56 Å². The molecule has 1 N–H and O–H groups in total. The fourth-order valence-corrected chi connectivity index (χ4v) is 3.14. The van der Waals surface area contributed by atoms with Gasteiger partial charge in [-0.25, -0.2) is 4.98 Å². The number of hydrogen-bond acceptors (Lipinski definition) is 7. The first kappa shape index (κ1) is 18.2. The maximum atomic E-state index is 12.6. The van der Waals surface area contributed by atoms with E-state index in [9.17, 15) is 15.2 Å². The highest BCUT2D eigenvalue weighted by molar-refractivity contribution is 7.13. The van der Waals surface area contributed by atoms with Crippen LogP contribution in [0.3, 0.4) is 0 Å². The molecule has 0 aliphatic rings. The predicted octanol–water partition coefficient (Wildman–Crippen LogP) is 4.46. The normalized spacial score (nSPS) is 10.8. The van der Waals surface area contributed by atoms with Gasteiger partial charge in [0.15, 0.2) is 5.69 Å². The molecule has 134 valence electrons. The SMILES string of the molecule is C=CCn1c(O)c(C#N)c(C)c(N=Nc2nc(-c3ccccc3)cs2)c1=O. The summed E-state index contributed by atoms with van der Waals surface area (Å²) >= 11 is 1.29. The maximum Gasteiger partial charge on any atom is 0.281 e. The summed E-state index contributed by atoms with van der Waals surface area (Å²) in [5.41, 5.74) is 1.41. The van der Waals surface area contributed by atoms with Gasteiger partial charge in [-0.15, -0.1) is 28.1 Å². The number of benzene rings is 1. The predicted molar refractivity (Wildman–Crippen MR) is 104 cm³/mol. The van der Waals surface area contributed by atoms with Crippen molar-refractivity contribution in [2.24, 2.45) is 10.2 Å². The number of allylic oxidation sites excluding steroid dienone is 1. The van der Waals surface area contributed by atoms with Crippen molar-refractivity contribution in [2.45, 2.75) is 13.5 Å². The number of nitriles is 1. The largest absolute Gasteiger partial charge is 0.493 e. The van der Waals surface area contributed by atoms with Gasteiger partial charge in [-0.2, -0.15) is 5.26 Å². The summed E-state index contributed by atoms with van der Waals surface area (Å²) in [6, 6.07) is 11.5. The molecule has 0 saturated carbocycles. The van der Waals surface area contributed by atoms with Crippen LogP contribution < -0.4 is 5.56 Å². The van der Waals surface area contributed by atoms with E-state index in [1.54, 1.807) is 6.92 Å². The summed E-state index contributed by atoms with van der Waals surface area (Å²) in [7, 11) is 0. The first-order valence-corrected chi connectivity index (χ1v) is 8.84. The average Bonchev–Trinajstić information content (AvgIpc) is 3.15. The van der Waals surface area contributed by atoms with E-state index in [4.69, 9.17) is 0 Å². The zero-order chi connectivity index (χ0) is 19.4. The summed E-state index contributed by atoms with van der Waals surface area (Å²) in [6.45, 7) is 5.15. The van der Waals surface area contributed by atoms with E-state index in [-0.39, 0.29) is 23.4 Å². The number of azo groups is 1. The topological polar surface area (TPSA) is 104 Å². The second kappa shape index (κ2) is 7.76. The minimum atomic E-state index is -0.549. The first-order chi connectivity index (χ1) is 13.1. The summed E-state index contributed by atoms with van der Waals surface area (Å²) in [6.07, 6.45) is 1.45. The monoisotopic (exact) mass is 377 g/mol. The standard InChI is InChI=1S/C19H15N5O2S/c1-3-9-24-17(25)14(10-20)12(2)16(18(24)26)22-23-19-21-15(11-27-19)13-7-5-4-6-8-13/h3-8,11,25H,1,9H2,2H3. The number of nitrogens with zero attached hydrogens (tertiary/aromatic N) is 5. The van der Waals surface area contributed by atoms with Crippen molar-refractivity contribution in [1.29, 1.82) is 5.26 Å². The molecule has 0 fully saturated rings. The molecule has 1 aromatic carbocycles. The van der Waals surface area contributed by atoms with E-state index in [1.165, 1.54) is 17.4 Å². The number of rotatable bonds is 5. The first-order valence-electron chi connectivity index (χ1n) is 7.96. The van der Waals surface area contributed by atoms with Crippen molar-refractivity contribution in [3.63, 3.8) is 0 Å². The Balaban J connectivity index is 2.02. The molecule has 0 bridgehead atoms. The van der Waals surface area contributed by atoms with Gasteiger partial charge in [0.1, 0.15) is 11.6 Å². The van der Waals surface area contributed by atoms with Crippen LogP contribution in [0.1, 0.15) is 11.1 Å². The highest BCUT2D eigenvalue weighted by atomic mass is 32.1. The van der Waals surface area contributed by atoms with Crippen LogP contribution in [0.5, 0.6) is 5.88 Å². The summed E-state index contributed by atoms with van der Waals surface area (Å²) < 4.78 is 1.03. The molecule has 0 amide bonds. The van der Waals surface area contributed by atoms with Gasteiger partial charge in [0, 0.05) is 23.1 Å². The number of aromatic nitrogens is 2. The smallest absolute Gasteiger partial charge is 0.281 e. The molecule has 8 heteroatoms. The lowest BCUT2D eigenvalue weighted by molar-refractivity contribution is 0.414. The Morgan fingerprint density at radius 2 is 2.11 bits per heavy atom. The lowest BCUT2D eigenvalue weighted by Crippen LogP contribution is -2.21. The van der Waals surface area contributed by atoms with Crippen molar-refractivity contribution in [3.05, 3.63) is 69.8 Å². The van der Waals surface area contributed by atoms with Gasteiger partial charge in [-0.3, -0.25) is 9.36 Å². The summed E-state index contributed by atoms with van der Waals surface area (Å²) in [5, 5.41) is 29.7. The lowest BCUT2D eigenvalue weighted by Gasteiger charge is -2.10. The number of thiazole rings is 1. The fraction of sp³-hybridized carbons (Fsp3) is 0.105. The average molecular weight is 377 g/mol. The van der Waals surface area contributed by atoms with E-state index >= 15 is 0 Å². The Bertz CT molecular complexity index is 1120. The summed E-state index contributed by atoms with van der Waals surface area (Å²) in [5.74, 6) is -0.403. The third-order valence-corrected chi connectivity index (χ3v) is 4.60. The van der Waals surface area contributed by atoms with Gasteiger partial charge in [0.2, 0.25) is 11.0 Å². The Morgan fingerprint density at radius 3 is 2.78 bits per heavy atom. The molecule has 2 heterocycles. The zero-order valence-corrected chi connectivity index (χ0v) is 15.3. The fourth-order valence-electron chi connectivity index (χ4n) is 2.50. The molecule has 7 nitrogen and oxygen atoms in total. The van der Waals surface area contributed by atoms with Crippen LogP contribution in [0.15, 0.2) is 63.4 Å².